The Balaban J connectivity index is 3.47. The normalized spacial score (nSPS) is 11.3. The molecule has 0 aliphatic heterocycles. The summed E-state index contributed by atoms with van der Waals surface area (Å²) in [7, 11) is 1.53. The summed E-state index contributed by atoms with van der Waals surface area (Å²) >= 11 is 0. The van der Waals surface area contributed by atoms with Gasteiger partial charge in [-0.15, -0.1) is 0 Å². The first kappa shape index (κ1) is 17.3. The van der Waals surface area contributed by atoms with Crippen LogP contribution < -0.4 is 0 Å². The van der Waals surface area contributed by atoms with E-state index in [4.69, 9.17) is 13.6 Å². The first-order valence-corrected chi connectivity index (χ1v) is 8.90. The van der Waals surface area contributed by atoms with Gasteiger partial charge in [-0.2, -0.15) is 0 Å². The molecule has 4 nitrogen and oxygen atoms in total. The lowest BCUT2D eigenvalue weighted by Crippen LogP contribution is -2.35. The summed E-state index contributed by atoms with van der Waals surface area (Å²) in [6.45, 7) is 7.74. The molecule has 0 aromatic heterocycles. The molecule has 0 fully saturated rings. The van der Waals surface area contributed by atoms with Crippen molar-refractivity contribution in [1.82, 2.24) is 0 Å². The van der Waals surface area contributed by atoms with Gasteiger partial charge < -0.3 is 13.6 Å². The summed E-state index contributed by atoms with van der Waals surface area (Å²) in [5, 5.41) is 0. The van der Waals surface area contributed by atoms with E-state index in [0.29, 0.717) is 12.2 Å². The van der Waals surface area contributed by atoms with Crippen molar-refractivity contribution in [2.45, 2.75) is 45.2 Å². The molecule has 0 bridgehead atoms. The average Bonchev–Trinajstić information content (AvgIpc) is 2.36. The van der Waals surface area contributed by atoms with E-state index in [1.165, 1.54) is 0 Å². The molecule has 5 heteroatoms. The lowest BCUT2D eigenvalue weighted by Gasteiger charge is -2.22. The number of hydrogen-bond acceptors (Lipinski definition) is 4. The summed E-state index contributed by atoms with van der Waals surface area (Å²) in [6, 6.07) is 1.01. The molecule has 0 rings (SSSR count). The molecule has 0 saturated carbocycles. The van der Waals surface area contributed by atoms with Crippen molar-refractivity contribution >= 4 is 14.5 Å². The minimum absolute atomic E-state index is 0.297. The Bertz CT molecular complexity index is 262. The predicted octanol–water partition coefficient (Wildman–Crippen LogP) is 3.03. The fraction of sp³-hybridized carbons (Fsp3) is 0.769. The van der Waals surface area contributed by atoms with Gasteiger partial charge in [-0.3, -0.25) is 0 Å². The molecular weight excluding hydrogens is 248 g/mol. The van der Waals surface area contributed by atoms with Gasteiger partial charge in [0.1, 0.15) is 0 Å². The number of unbranched alkanes of at least 4 members (excludes halogenated alkanes) is 3. The maximum atomic E-state index is 11.1. The molecule has 0 aliphatic rings. The maximum absolute atomic E-state index is 11.1. The summed E-state index contributed by atoms with van der Waals surface area (Å²) in [4.78, 5) is 11.1. The van der Waals surface area contributed by atoms with Gasteiger partial charge in [-0.05, 0) is 25.9 Å². The van der Waals surface area contributed by atoms with E-state index in [1.807, 2.05) is 0 Å². The molecule has 0 aromatic rings. The van der Waals surface area contributed by atoms with Crippen molar-refractivity contribution in [3.05, 3.63) is 12.2 Å². The molecule has 0 unspecified atom stereocenters. The Hall–Kier alpha value is -0.653. The van der Waals surface area contributed by atoms with Crippen molar-refractivity contribution in [3.63, 3.8) is 0 Å². The van der Waals surface area contributed by atoms with Crippen molar-refractivity contribution in [1.29, 1.82) is 0 Å². The molecule has 0 heterocycles. The zero-order chi connectivity index (χ0) is 14.0. The molecule has 0 amide bonds. The predicted molar refractivity (Wildman–Crippen MR) is 74.7 cm³/mol. The third kappa shape index (κ3) is 7.63. The van der Waals surface area contributed by atoms with Crippen LogP contribution in [0.4, 0.5) is 0 Å². The number of hydrogen-bond donors (Lipinski definition) is 0. The second-order valence-electron chi connectivity index (χ2n) is 4.62. The Morgan fingerprint density at radius 2 is 1.67 bits per heavy atom. The van der Waals surface area contributed by atoms with Gasteiger partial charge in [0, 0.05) is 19.8 Å². The van der Waals surface area contributed by atoms with Crippen molar-refractivity contribution < 1.29 is 18.4 Å². The van der Waals surface area contributed by atoms with Crippen LogP contribution in [0.25, 0.3) is 0 Å². The van der Waals surface area contributed by atoms with E-state index in [0.717, 1.165) is 31.7 Å². The number of carbonyl (C=O) groups is 1. The summed E-state index contributed by atoms with van der Waals surface area (Å²) in [5.41, 5.74) is 0.456. The Kier molecular flexibility index (Phi) is 8.96. The average molecular weight is 274 g/mol. The van der Waals surface area contributed by atoms with Crippen molar-refractivity contribution in [2.24, 2.45) is 0 Å². The zero-order valence-corrected chi connectivity index (χ0v) is 13.1. The van der Waals surface area contributed by atoms with Crippen LogP contribution in [-0.2, 0) is 18.4 Å². The molecule has 0 spiro atoms. The second-order valence-corrected chi connectivity index (χ2v) is 8.21. The minimum Gasteiger partial charge on any atom is -0.462 e. The van der Waals surface area contributed by atoms with Gasteiger partial charge in [-0.1, -0.05) is 25.8 Å². The quantitative estimate of drug-likeness (QED) is 0.266. The monoisotopic (exact) mass is 274 g/mol. The smallest absolute Gasteiger partial charge is 0.334 e. The molecule has 0 atom stereocenters. The van der Waals surface area contributed by atoms with E-state index in [-0.39, 0.29) is 5.97 Å². The summed E-state index contributed by atoms with van der Waals surface area (Å²) in [5.74, 6) is -0.297. The Morgan fingerprint density at radius 1 is 1.11 bits per heavy atom. The summed E-state index contributed by atoms with van der Waals surface area (Å²) < 4.78 is 15.8. The summed E-state index contributed by atoms with van der Waals surface area (Å²) in [6.07, 6.45) is 4.16. The lowest BCUT2D eigenvalue weighted by atomic mass is 10.2. The van der Waals surface area contributed by atoms with Crippen LogP contribution >= 0.6 is 0 Å². The number of esters is 1. The molecular formula is C13H26O4Si. The standard InChI is InChI=1S/C13H26O4Si/c1-12(2)13(14)17-10-8-6-7-9-11-18(5,15-3)16-4/h1,6-11H2,2-5H3. The number of rotatable bonds is 10. The first-order valence-electron chi connectivity index (χ1n) is 6.38. The van der Waals surface area contributed by atoms with Gasteiger partial charge in [0.2, 0.25) is 0 Å². The molecule has 0 saturated heterocycles. The topological polar surface area (TPSA) is 44.8 Å². The number of ether oxygens (including phenoxy) is 1. The van der Waals surface area contributed by atoms with E-state index in [1.54, 1.807) is 21.1 Å². The highest BCUT2D eigenvalue weighted by atomic mass is 28.4. The van der Waals surface area contributed by atoms with Crippen molar-refractivity contribution in [2.75, 3.05) is 20.8 Å². The maximum Gasteiger partial charge on any atom is 0.334 e. The van der Waals surface area contributed by atoms with E-state index in [2.05, 4.69) is 13.1 Å². The molecule has 0 radical (unpaired) electrons. The fourth-order valence-corrected chi connectivity index (χ4v) is 2.94. The molecule has 0 N–H and O–H groups in total. The van der Waals surface area contributed by atoms with Gasteiger partial charge in [0.15, 0.2) is 0 Å². The van der Waals surface area contributed by atoms with Crippen LogP contribution in [0.2, 0.25) is 12.6 Å². The van der Waals surface area contributed by atoms with Crippen LogP contribution in [0.5, 0.6) is 0 Å². The van der Waals surface area contributed by atoms with Crippen LogP contribution in [0.1, 0.15) is 32.6 Å². The van der Waals surface area contributed by atoms with E-state index in [9.17, 15) is 4.79 Å². The molecule has 0 aliphatic carbocycles. The lowest BCUT2D eigenvalue weighted by molar-refractivity contribution is -0.139. The van der Waals surface area contributed by atoms with Gasteiger partial charge in [0.05, 0.1) is 6.61 Å². The largest absolute Gasteiger partial charge is 0.462 e. The van der Waals surface area contributed by atoms with E-state index >= 15 is 0 Å². The highest BCUT2D eigenvalue weighted by molar-refractivity contribution is 6.65. The van der Waals surface area contributed by atoms with Gasteiger partial charge >= 0.3 is 14.5 Å². The highest BCUT2D eigenvalue weighted by Gasteiger charge is 2.27. The fourth-order valence-electron chi connectivity index (χ4n) is 1.48. The highest BCUT2D eigenvalue weighted by Crippen LogP contribution is 2.16. The van der Waals surface area contributed by atoms with Gasteiger partial charge in [-0.25, -0.2) is 4.79 Å². The van der Waals surface area contributed by atoms with Crippen molar-refractivity contribution in [3.8, 4) is 0 Å². The van der Waals surface area contributed by atoms with Crippen LogP contribution in [-0.4, -0.2) is 35.4 Å². The second kappa shape index (κ2) is 9.30. The minimum atomic E-state index is -1.90. The van der Waals surface area contributed by atoms with Crippen LogP contribution in [0.15, 0.2) is 12.2 Å². The number of carbonyl (C=O) groups excluding carboxylic acids is 1. The van der Waals surface area contributed by atoms with E-state index < -0.39 is 8.56 Å². The molecule has 0 aromatic carbocycles. The third-order valence-corrected chi connectivity index (χ3v) is 5.96. The third-order valence-electron chi connectivity index (χ3n) is 2.97. The van der Waals surface area contributed by atoms with Crippen LogP contribution in [0.3, 0.4) is 0 Å². The Morgan fingerprint density at radius 3 is 2.17 bits per heavy atom. The Labute approximate surface area is 112 Å². The SMILES string of the molecule is C=C(C)C(=O)OCCCCCC[Si](C)(OC)OC. The first-order chi connectivity index (χ1) is 8.45. The zero-order valence-electron chi connectivity index (χ0n) is 12.1. The van der Waals surface area contributed by atoms with Crippen LogP contribution in [0, 0.1) is 0 Å². The van der Waals surface area contributed by atoms with Gasteiger partial charge in [0.25, 0.3) is 0 Å². The molecule has 18 heavy (non-hydrogen) atoms. The molecule has 106 valence electrons.